The fourth-order valence-electron chi connectivity index (χ4n) is 3.68. The summed E-state index contributed by atoms with van der Waals surface area (Å²) in [5.41, 5.74) is 7.60. The molecular formula is C20H28N4O2S. The average Bonchev–Trinajstić information content (AvgIpc) is 3.08. The molecule has 0 saturated carbocycles. The van der Waals surface area contributed by atoms with Gasteiger partial charge in [-0.3, -0.25) is 4.79 Å². The smallest absolute Gasteiger partial charge is 0.241 e. The molecule has 2 aromatic rings. The number of fused-ring (bicyclic) bond motifs is 1. The van der Waals surface area contributed by atoms with E-state index >= 15 is 0 Å². The second-order valence-corrected chi connectivity index (χ2v) is 8.33. The number of rotatable bonds is 4. The first kappa shape index (κ1) is 19.8. The van der Waals surface area contributed by atoms with Crippen LogP contribution in [0.1, 0.15) is 32.6 Å². The number of nitrogens with two attached hydrogens (primary N) is 1. The Kier molecular flexibility index (Phi) is 5.53. The summed E-state index contributed by atoms with van der Waals surface area (Å²) in [6, 6.07) is 7.07. The van der Waals surface area contributed by atoms with Crippen LogP contribution in [0.2, 0.25) is 0 Å². The molecule has 27 heavy (non-hydrogen) atoms. The Morgan fingerprint density at radius 3 is 2.70 bits per heavy atom. The molecule has 1 aromatic heterocycles. The number of carbonyl (C=O) groups is 1. The number of hydrogen-bond donors (Lipinski definition) is 2. The first-order valence-corrected chi connectivity index (χ1v) is 9.78. The minimum Gasteiger partial charge on any atom is -0.496 e. The Hall–Kier alpha value is -1.99. The Balaban J connectivity index is 2.06. The molecular weight excluding hydrogens is 360 g/mol. The molecule has 1 aliphatic rings. The van der Waals surface area contributed by atoms with E-state index in [-0.39, 0.29) is 17.4 Å². The SMILES string of the molecule is COc1ccccc1-c1cn2c(n1)[C@H](C(C)(C)C)N(C(=O)[C@@H](N)CS)CC2. The Bertz CT molecular complexity index is 828. The minimum absolute atomic E-state index is 0.0713. The largest absolute Gasteiger partial charge is 0.496 e. The summed E-state index contributed by atoms with van der Waals surface area (Å²) in [4.78, 5) is 19.7. The number of benzene rings is 1. The predicted octanol–water partition coefficient (Wildman–Crippen LogP) is 2.75. The number of methoxy groups -OCH3 is 1. The fraction of sp³-hybridized carbons (Fsp3) is 0.500. The van der Waals surface area contributed by atoms with E-state index in [1.54, 1.807) is 7.11 Å². The van der Waals surface area contributed by atoms with Crippen LogP contribution in [0.3, 0.4) is 0 Å². The third kappa shape index (κ3) is 3.71. The lowest BCUT2D eigenvalue weighted by Gasteiger charge is -2.43. The molecule has 6 nitrogen and oxygen atoms in total. The van der Waals surface area contributed by atoms with Crippen molar-refractivity contribution >= 4 is 18.5 Å². The summed E-state index contributed by atoms with van der Waals surface area (Å²) >= 11 is 4.20. The Morgan fingerprint density at radius 2 is 2.07 bits per heavy atom. The third-order valence-electron chi connectivity index (χ3n) is 4.95. The van der Waals surface area contributed by atoms with Crippen LogP contribution in [0.15, 0.2) is 30.5 Å². The van der Waals surface area contributed by atoms with Gasteiger partial charge in [0.15, 0.2) is 0 Å². The number of ether oxygens (including phenoxy) is 1. The summed E-state index contributed by atoms with van der Waals surface area (Å²) in [6.07, 6.45) is 2.05. The van der Waals surface area contributed by atoms with Crippen LogP contribution in [0.5, 0.6) is 5.75 Å². The topological polar surface area (TPSA) is 73.4 Å². The molecule has 2 N–H and O–H groups in total. The standard InChI is InChI=1S/C20H28N4O2S/c1-20(2,3)17-18-22-15(13-7-5-6-8-16(13)26-4)11-23(18)9-10-24(17)19(25)14(21)12-27/h5-8,11,14,17,27H,9-10,12,21H2,1-4H3/t14-,17+/m0/s1. The van der Waals surface area contributed by atoms with Crippen molar-refractivity contribution in [3.8, 4) is 17.0 Å². The zero-order chi connectivity index (χ0) is 19.8. The van der Waals surface area contributed by atoms with Gasteiger partial charge in [-0.1, -0.05) is 32.9 Å². The third-order valence-corrected chi connectivity index (χ3v) is 5.34. The van der Waals surface area contributed by atoms with Crippen LogP contribution >= 0.6 is 12.6 Å². The second-order valence-electron chi connectivity index (χ2n) is 7.97. The lowest BCUT2D eigenvalue weighted by Crippen LogP contribution is -2.53. The Morgan fingerprint density at radius 1 is 1.37 bits per heavy atom. The van der Waals surface area contributed by atoms with Crippen LogP contribution in [0.4, 0.5) is 0 Å². The zero-order valence-electron chi connectivity index (χ0n) is 16.3. The molecule has 3 rings (SSSR count). The van der Waals surface area contributed by atoms with Gasteiger partial charge in [0.2, 0.25) is 5.91 Å². The lowest BCUT2D eigenvalue weighted by atomic mass is 9.83. The van der Waals surface area contributed by atoms with E-state index in [9.17, 15) is 4.79 Å². The van der Waals surface area contributed by atoms with E-state index in [0.717, 1.165) is 22.8 Å². The van der Waals surface area contributed by atoms with Gasteiger partial charge in [-0.2, -0.15) is 12.6 Å². The molecule has 0 spiro atoms. The maximum Gasteiger partial charge on any atom is 0.241 e. The van der Waals surface area contributed by atoms with E-state index in [0.29, 0.717) is 18.8 Å². The van der Waals surface area contributed by atoms with Gasteiger partial charge in [0.1, 0.15) is 11.6 Å². The van der Waals surface area contributed by atoms with E-state index in [1.807, 2.05) is 35.4 Å². The van der Waals surface area contributed by atoms with Gasteiger partial charge in [-0.25, -0.2) is 4.98 Å². The number of hydrogen-bond acceptors (Lipinski definition) is 5. The van der Waals surface area contributed by atoms with Crippen LogP contribution in [-0.2, 0) is 11.3 Å². The number of thiol groups is 1. The van der Waals surface area contributed by atoms with Crippen molar-refractivity contribution in [1.29, 1.82) is 0 Å². The summed E-state index contributed by atoms with van der Waals surface area (Å²) in [7, 11) is 1.66. The normalized spacial score (nSPS) is 18.1. The fourth-order valence-corrected chi connectivity index (χ4v) is 3.84. The summed E-state index contributed by atoms with van der Waals surface area (Å²) in [5, 5.41) is 0. The van der Waals surface area contributed by atoms with Crippen LogP contribution in [0.25, 0.3) is 11.3 Å². The predicted molar refractivity (Wildman–Crippen MR) is 110 cm³/mol. The maximum atomic E-state index is 12.9. The van der Waals surface area contributed by atoms with Gasteiger partial charge >= 0.3 is 0 Å². The first-order chi connectivity index (χ1) is 12.8. The van der Waals surface area contributed by atoms with Gasteiger partial charge < -0.3 is 19.9 Å². The van der Waals surface area contributed by atoms with E-state index < -0.39 is 6.04 Å². The van der Waals surface area contributed by atoms with Crippen molar-refractivity contribution < 1.29 is 9.53 Å². The number of imidazole rings is 1. The van der Waals surface area contributed by atoms with Crippen LogP contribution < -0.4 is 10.5 Å². The van der Waals surface area contributed by atoms with Crippen LogP contribution in [-0.4, -0.2) is 45.8 Å². The highest BCUT2D eigenvalue weighted by Gasteiger charge is 2.41. The minimum atomic E-state index is -0.603. The van der Waals surface area contributed by atoms with E-state index in [4.69, 9.17) is 15.5 Å². The second kappa shape index (κ2) is 7.56. The summed E-state index contributed by atoms with van der Waals surface area (Å²) < 4.78 is 7.64. The van der Waals surface area contributed by atoms with Gasteiger partial charge in [-0.05, 0) is 17.5 Å². The lowest BCUT2D eigenvalue weighted by molar-refractivity contribution is -0.138. The molecule has 0 unspecified atom stereocenters. The van der Waals surface area contributed by atoms with E-state index in [1.165, 1.54) is 0 Å². The maximum absolute atomic E-state index is 12.9. The number of para-hydroxylation sites is 1. The van der Waals surface area contributed by atoms with Gasteiger partial charge in [0.25, 0.3) is 0 Å². The molecule has 0 fully saturated rings. The zero-order valence-corrected chi connectivity index (χ0v) is 17.2. The molecule has 1 amide bonds. The average molecular weight is 389 g/mol. The van der Waals surface area contributed by atoms with Crippen molar-refractivity contribution in [2.24, 2.45) is 11.1 Å². The molecule has 2 atom stereocenters. The molecule has 0 saturated heterocycles. The molecule has 2 heterocycles. The quantitative estimate of drug-likeness (QED) is 0.790. The van der Waals surface area contributed by atoms with Gasteiger partial charge in [-0.15, -0.1) is 0 Å². The summed E-state index contributed by atoms with van der Waals surface area (Å²) in [5.74, 6) is 1.92. The highest BCUT2D eigenvalue weighted by Crippen LogP contribution is 2.41. The first-order valence-electron chi connectivity index (χ1n) is 9.15. The van der Waals surface area contributed by atoms with Gasteiger partial charge in [0, 0.05) is 30.6 Å². The van der Waals surface area contributed by atoms with E-state index in [2.05, 4.69) is 38.0 Å². The molecule has 0 radical (unpaired) electrons. The molecule has 146 valence electrons. The molecule has 0 aliphatic carbocycles. The van der Waals surface area contributed by atoms with Crippen LogP contribution in [0, 0.1) is 5.41 Å². The van der Waals surface area contributed by atoms with Crippen molar-refractivity contribution in [3.63, 3.8) is 0 Å². The monoisotopic (exact) mass is 388 g/mol. The van der Waals surface area contributed by atoms with Crippen molar-refractivity contribution in [2.45, 2.75) is 39.4 Å². The number of amides is 1. The Labute approximate surface area is 166 Å². The molecule has 1 aliphatic heterocycles. The van der Waals surface area contributed by atoms with Gasteiger partial charge in [0.05, 0.1) is 24.9 Å². The number of nitrogens with zero attached hydrogens (tertiary/aromatic N) is 3. The molecule has 7 heteroatoms. The highest BCUT2D eigenvalue weighted by atomic mass is 32.1. The van der Waals surface area contributed by atoms with Crippen molar-refractivity contribution in [1.82, 2.24) is 14.5 Å². The molecule has 0 bridgehead atoms. The van der Waals surface area contributed by atoms with Crippen molar-refractivity contribution in [2.75, 3.05) is 19.4 Å². The summed E-state index contributed by atoms with van der Waals surface area (Å²) in [6.45, 7) is 7.66. The van der Waals surface area contributed by atoms with Crippen molar-refractivity contribution in [3.05, 3.63) is 36.3 Å². The highest BCUT2D eigenvalue weighted by molar-refractivity contribution is 7.80. The molecule has 1 aromatic carbocycles. The number of aromatic nitrogens is 2. The number of carbonyl (C=O) groups excluding carboxylic acids is 1.